The number of hydrogen-bond donors (Lipinski definition) is 1. The number of piperidine rings is 1. The number of para-hydroxylation sites is 1. The molecule has 0 bridgehead atoms. The van der Waals surface area contributed by atoms with Gasteiger partial charge in [-0.3, -0.25) is 9.69 Å². The minimum absolute atomic E-state index is 0.445. The van der Waals surface area contributed by atoms with Crippen LogP contribution in [0.1, 0.15) is 35.6 Å². The van der Waals surface area contributed by atoms with Crippen LogP contribution in [0.25, 0.3) is 5.69 Å². The number of aromatic nitrogens is 2. The standard InChI is InChI=1S/C24H26N4O3/c1-30-19-7-8-20-21(13-19)24(31-22(20)23(25)29)9-11-27(12-10-24)15-17-14-26-28(16-17)18-5-3-2-4-6-18/h2-8,13-14,16,22H,9-12,15H2,1H3,(H2,25,29). The van der Waals surface area contributed by atoms with Crippen LogP contribution < -0.4 is 10.5 Å². The second-order valence-corrected chi connectivity index (χ2v) is 8.25. The van der Waals surface area contributed by atoms with E-state index in [0.717, 1.165) is 55.0 Å². The van der Waals surface area contributed by atoms with Crippen molar-refractivity contribution in [3.63, 3.8) is 0 Å². The van der Waals surface area contributed by atoms with Crippen molar-refractivity contribution in [2.45, 2.75) is 31.1 Å². The van der Waals surface area contributed by atoms with E-state index in [-0.39, 0.29) is 0 Å². The second kappa shape index (κ2) is 7.83. The fraction of sp³-hybridized carbons (Fsp3) is 0.333. The number of hydrogen-bond acceptors (Lipinski definition) is 5. The van der Waals surface area contributed by atoms with Crippen LogP contribution in [-0.2, 0) is 21.7 Å². The average molecular weight is 418 g/mol. The van der Waals surface area contributed by atoms with Gasteiger partial charge in [0.25, 0.3) is 5.91 Å². The van der Waals surface area contributed by atoms with Gasteiger partial charge in [0.05, 0.1) is 24.6 Å². The van der Waals surface area contributed by atoms with Crippen LogP contribution >= 0.6 is 0 Å². The highest BCUT2D eigenvalue weighted by atomic mass is 16.5. The largest absolute Gasteiger partial charge is 0.497 e. The summed E-state index contributed by atoms with van der Waals surface area (Å²) >= 11 is 0. The summed E-state index contributed by atoms with van der Waals surface area (Å²) in [5.41, 5.74) is 9.27. The van der Waals surface area contributed by atoms with Crippen LogP contribution in [0.4, 0.5) is 0 Å². The number of amides is 1. The summed E-state index contributed by atoms with van der Waals surface area (Å²) in [6.07, 6.45) is 4.89. The van der Waals surface area contributed by atoms with Crippen LogP contribution in [0.5, 0.6) is 5.75 Å². The van der Waals surface area contributed by atoms with Crippen molar-refractivity contribution in [3.05, 3.63) is 77.6 Å². The molecule has 5 rings (SSSR count). The maximum atomic E-state index is 12.0. The summed E-state index contributed by atoms with van der Waals surface area (Å²) in [5.74, 6) is 0.321. The van der Waals surface area contributed by atoms with Crippen molar-refractivity contribution in [3.8, 4) is 11.4 Å². The first kappa shape index (κ1) is 19.8. The van der Waals surface area contributed by atoms with Gasteiger partial charge < -0.3 is 15.2 Å². The molecule has 1 fully saturated rings. The molecule has 0 saturated carbocycles. The van der Waals surface area contributed by atoms with Crippen LogP contribution in [0.15, 0.2) is 60.9 Å². The van der Waals surface area contributed by atoms with Gasteiger partial charge >= 0.3 is 0 Å². The fourth-order valence-corrected chi connectivity index (χ4v) is 4.73. The molecular weight excluding hydrogens is 392 g/mol. The molecule has 1 unspecified atom stereocenters. The summed E-state index contributed by atoms with van der Waals surface area (Å²) in [7, 11) is 1.65. The Morgan fingerprint density at radius 3 is 2.71 bits per heavy atom. The number of fused-ring (bicyclic) bond motifs is 2. The zero-order chi connectivity index (χ0) is 21.4. The van der Waals surface area contributed by atoms with Crippen molar-refractivity contribution in [2.24, 2.45) is 5.73 Å². The van der Waals surface area contributed by atoms with Crippen molar-refractivity contribution in [2.75, 3.05) is 20.2 Å². The second-order valence-electron chi connectivity index (χ2n) is 8.25. The third kappa shape index (κ3) is 3.60. The molecule has 2 aromatic carbocycles. The first-order chi connectivity index (χ1) is 15.1. The average Bonchev–Trinajstić information content (AvgIpc) is 3.39. The first-order valence-electron chi connectivity index (χ1n) is 10.5. The zero-order valence-electron chi connectivity index (χ0n) is 17.5. The Morgan fingerprint density at radius 2 is 2.00 bits per heavy atom. The maximum Gasteiger partial charge on any atom is 0.251 e. The van der Waals surface area contributed by atoms with E-state index in [2.05, 4.69) is 16.2 Å². The third-order valence-corrected chi connectivity index (χ3v) is 6.36. The molecule has 3 aromatic rings. The fourth-order valence-electron chi connectivity index (χ4n) is 4.73. The normalized spacial score (nSPS) is 20.0. The molecule has 1 spiro atoms. The van der Waals surface area contributed by atoms with Gasteiger partial charge in [-0.15, -0.1) is 0 Å². The van der Waals surface area contributed by atoms with E-state index in [1.807, 2.05) is 59.4 Å². The summed E-state index contributed by atoms with van der Waals surface area (Å²) in [4.78, 5) is 14.4. The van der Waals surface area contributed by atoms with Gasteiger partial charge in [0.15, 0.2) is 6.10 Å². The van der Waals surface area contributed by atoms with Crippen molar-refractivity contribution >= 4 is 5.91 Å². The smallest absolute Gasteiger partial charge is 0.251 e. The van der Waals surface area contributed by atoms with Gasteiger partial charge in [-0.1, -0.05) is 24.3 Å². The number of benzene rings is 2. The van der Waals surface area contributed by atoms with Crippen molar-refractivity contribution < 1.29 is 14.3 Å². The number of rotatable bonds is 5. The van der Waals surface area contributed by atoms with Gasteiger partial charge in [-0.2, -0.15) is 5.10 Å². The SMILES string of the molecule is COc1ccc2c(c1)C1(CCN(Cc3cnn(-c4ccccc4)c3)CC1)OC2C(N)=O. The summed E-state index contributed by atoms with van der Waals surface area (Å²) in [6, 6.07) is 15.9. The number of carbonyl (C=O) groups excluding carboxylic acids is 1. The molecule has 160 valence electrons. The number of primary amides is 1. The molecule has 1 aromatic heterocycles. The van der Waals surface area contributed by atoms with Gasteiger partial charge in [0, 0.05) is 31.4 Å². The molecule has 2 N–H and O–H groups in total. The Kier molecular flexibility index (Phi) is 5.00. The van der Waals surface area contributed by atoms with Gasteiger partial charge in [-0.05, 0) is 48.2 Å². The minimum atomic E-state index is -0.698. The molecule has 7 heteroatoms. The van der Waals surface area contributed by atoms with Crippen molar-refractivity contribution in [1.29, 1.82) is 0 Å². The lowest BCUT2D eigenvalue weighted by molar-refractivity contribution is -0.148. The Labute approximate surface area is 181 Å². The number of likely N-dealkylation sites (tertiary alicyclic amines) is 1. The molecule has 2 aliphatic rings. The molecule has 7 nitrogen and oxygen atoms in total. The zero-order valence-corrected chi connectivity index (χ0v) is 17.5. The molecule has 2 aliphatic heterocycles. The lowest BCUT2D eigenvalue weighted by Crippen LogP contribution is -2.42. The number of methoxy groups -OCH3 is 1. The first-order valence-corrected chi connectivity index (χ1v) is 10.5. The van der Waals surface area contributed by atoms with E-state index in [0.29, 0.717) is 0 Å². The molecule has 31 heavy (non-hydrogen) atoms. The summed E-state index contributed by atoms with van der Waals surface area (Å²) < 4.78 is 13.6. The lowest BCUT2D eigenvalue weighted by Gasteiger charge is -2.39. The van der Waals surface area contributed by atoms with E-state index in [1.54, 1.807) is 7.11 Å². The number of nitrogens with two attached hydrogens (primary N) is 1. The molecule has 1 saturated heterocycles. The van der Waals surface area contributed by atoms with Crippen LogP contribution in [0, 0.1) is 0 Å². The predicted molar refractivity (Wildman–Crippen MR) is 116 cm³/mol. The molecular formula is C24H26N4O3. The van der Waals surface area contributed by atoms with Crippen LogP contribution in [0.3, 0.4) is 0 Å². The van der Waals surface area contributed by atoms with E-state index >= 15 is 0 Å². The monoisotopic (exact) mass is 418 g/mol. The third-order valence-electron chi connectivity index (χ3n) is 6.36. The van der Waals surface area contributed by atoms with E-state index < -0.39 is 17.6 Å². The summed E-state index contributed by atoms with van der Waals surface area (Å²) in [5, 5.41) is 4.50. The molecule has 3 heterocycles. The Bertz CT molecular complexity index is 1090. The Hall–Kier alpha value is -3.16. The highest BCUT2D eigenvalue weighted by molar-refractivity contribution is 5.82. The van der Waals surface area contributed by atoms with Gasteiger partial charge in [-0.25, -0.2) is 4.68 Å². The van der Waals surface area contributed by atoms with Gasteiger partial charge in [0.2, 0.25) is 0 Å². The molecule has 0 radical (unpaired) electrons. The molecule has 1 amide bonds. The minimum Gasteiger partial charge on any atom is -0.497 e. The number of carbonyl (C=O) groups is 1. The highest BCUT2D eigenvalue weighted by Crippen LogP contribution is 2.50. The van der Waals surface area contributed by atoms with Crippen LogP contribution in [0.2, 0.25) is 0 Å². The van der Waals surface area contributed by atoms with Crippen molar-refractivity contribution in [1.82, 2.24) is 14.7 Å². The number of nitrogens with zero attached hydrogens (tertiary/aromatic N) is 3. The predicted octanol–water partition coefficient (Wildman–Crippen LogP) is 2.93. The van der Waals surface area contributed by atoms with Crippen LogP contribution in [-0.4, -0.2) is 40.8 Å². The number of ether oxygens (including phenoxy) is 2. The Morgan fingerprint density at radius 1 is 1.23 bits per heavy atom. The van der Waals surface area contributed by atoms with Gasteiger partial charge in [0.1, 0.15) is 5.75 Å². The lowest BCUT2D eigenvalue weighted by atomic mass is 9.83. The summed E-state index contributed by atoms with van der Waals surface area (Å²) in [6.45, 7) is 2.55. The quantitative estimate of drug-likeness (QED) is 0.689. The highest BCUT2D eigenvalue weighted by Gasteiger charge is 2.48. The van der Waals surface area contributed by atoms with E-state index in [9.17, 15) is 4.79 Å². The molecule has 0 aliphatic carbocycles. The van der Waals surface area contributed by atoms with E-state index in [4.69, 9.17) is 15.2 Å². The molecule has 1 atom stereocenters. The topological polar surface area (TPSA) is 82.6 Å². The maximum absolute atomic E-state index is 12.0. The van der Waals surface area contributed by atoms with E-state index in [1.165, 1.54) is 5.56 Å². The Balaban J connectivity index is 1.31.